The first kappa shape index (κ1) is 14.1. The summed E-state index contributed by atoms with van der Waals surface area (Å²) in [6.45, 7) is 0. The van der Waals surface area contributed by atoms with Crippen LogP contribution in [0.25, 0.3) is 0 Å². The molecule has 94 valence electrons. The molecule has 6 heteroatoms. The summed E-state index contributed by atoms with van der Waals surface area (Å²) >= 11 is 0. The smallest absolute Gasteiger partial charge is 0.361 e. The lowest BCUT2D eigenvalue weighted by Crippen LogP contribution is -2.24. The molecule has 0 fully saturated rings. The Bertz CT molecular complexity index is 409. The first-order valence-electron chi connectivity index (χ1n) is 4.92. The molecule has 17 heavy (non-hydrogen) atoms. The van der Waals surface area contributed by atoms with Gasteiger partial charge in [0.25, 0.3) is 0 Å². The summed E-state index contributed by atoms with van der Waals surface area (Å²) in [5.74, 6) is -1.68. The minimum atomic E-state index is -3.58. The summed E-state index contributed by atoms with van der Waals surface area (Å²) in [6, 6.07) is 8.44. The van der Waals surface area contributed by atoms with Crippen LogP contribution in [0.15, 0.2) is 30.3 Å². The molecule has 0 saturated carbocycles. The van der Waals surface area contributed by atoms with Gasteiger partial charge in [0.2, 0.25) is 11.6 Å². The van der Waals surface area contributed by atoms with Crippen molar-refractivity contribution in [2.75, 3.05) is 21.3 Å². The van der Waals surface area contributed by atoms with Gasteiger partial charge in [-0.2, -0.15) is 0 Å². The van der Waals surface area contributed by atoms with Crippen molar-refractivity contribution in [1.82, 2.24) is 0 Å². The number of hydrogen-bond acceptors (Lipinski definition) is 5. The zero-order valence-corrected chi connectivity index (χ0v) is 10.8. The van der Waals surface area contributed by atoms with E-state index in [1.807, 2.05) is 0 Å². The number of benzene rings is 1. The molecule has 0 saturated heterocycles. The molecule has 1 atom stereocenters. The standard InChI is InChI=1S/C11H15O5P/c1-14-11(17(13,15-2)16-3)10(12)9-7-5-4-6-8-9/h4-8,11H,1-3H3. The fourth-order valence-electron chi connectivity index (χ4n) is 1.39. The second-order valence-electron chi connectivity index (χ2n) is 3.22. The van der Waals surface area contributed by atoms with E-state index < -0.39 is 19.2 Å². The Balaban J connectivity index is 3.04. The number of carbonyl (C=O) groups is 1. The molecule has 0 spiro atoms. The number of rotatable bonds is 6. The van der Waals surface area contributed by atoms with E-state index >= 15 is 0 Å². The van der Waals surface area contributed by atoms with Crippen molar-refractivity contribution in [2.45, 2.75) is 5.85 Å². The monoisotopic (exact) mass is 258 g/mol. The van der Waals surface area contributed by atoms with E-state index in [1.165, 1.54) is 21.3 Å². The van der Waals surface area contributed by atoms with E-state index in [4.69, 9.17) is 13.8 Å². The van der Waals surface area contributed by atoms with Crippen LogP contribution in [0.2, 0.25) is 0 Å². The van der Waals surface area contributed by atoms with Gasteiger partial charge in [-0.1, -0.05) is 30.3 Å². The van der Waals surface area contributed by atoms with Crippen LogP contribution in [0, 0.1) is 0 Å². The van der Waals surface area contributed by atoms with Crippen molar-refractivity contribution in [3.8, 4) is 0 Å². The predicted octanol–water partition coefficient (Wildman–Crippen LogP) is 2.33. The van der Waals surface area contributed by atoms with Crippen LogP contribution in [0.1, 0.15) is 10.4 Å². The third-order valence-corrected chi connectivity index (χ3v) is 4.34. The van der Waals surface area contributed by atoms with Crippen molar-refractivity contribution in [3.63, 3.8) is 0 Å². The van der Waals surface area contributed by atoms with Gasteiger partial charge in [0, 0.05) is 26.9 Å². The maximum atomic E-state index is 12.1. The number of Topliss-reactive ketones (excluding diaryl/α,β-unsaturated/α-hetero) is 1. The van der Waals surface area contributed by atoms with Gasteiger partial charge in [-0.15, -0.1) is 0 Å². The Kier molecular flexibility index (Phi) is 5.02. The van der Waals surface area contributed by atoms with E-state index in [1.54, 1.807) is 30.3 Å². The molecule has 0 aliphatic heterocycles. The van der Waals surface area contributed by atoms with Crippen molar-refractivity contribution in [1.29, 1.82) is 0 Å². The van der Waals surface area contributed by atoms with E-state index in [2.05, 4.69) is 0 Å². The van der Waals surface area contributed by atoms with E-state index in [0.717, 1.165) is 0 Å². The van der Waals surface area contributed by atoms with Gasteiger partial charge in [-0.05, 0) is 0 Å². The second-order valence-corrected chi connectivity index (χ2v) is 5.50. The van der Waals surface area contributed by atoms with Gasteiger partial charge in [0.1, 0.15) is 0 Å². The molecule has 1 aromatic carbocycles. The van der Waals surface area contributed by atoms with Crippen LogP contribution in [0.3, 0.4) is 0 Å². The highest BCUT2D eigenvalue weighted by atomic mass is 31.2. The molecular weight excluding hydrogens is 243 g/mol. The molecular formula is C11H15O5P. The number of ether oxygens (including phenoxy) is 1. The molecule has 1 unspecified atom stereocenters. The largest absolute Gasteiger partial charge is 0.366 e. The van der Waals surface area contributed by atoms with Crippen LogP contribution in [0.4, 0.5) is 0 Å². The molecule has 0 aliphatic rings. The van der Waals surface area contributed by atoms with E-state index in [-0.39, 0.29) is 0 Å². The maximum absolute atomic E-state index is 12.1. The van der Waals surface area contributed by atoms with Gasteiger partial charge < -0.3 is 13.8 Å². The Morgan fingerprint density at radius 2 is 1.65 bits per heavy atom. The average molecular weight is 258 g/mol. The normalized spacial score (nSPS) is 13.4. The minimum Gasteiger partial charge on any atom is -0.361 e. The van der Waals surface area contributed by atoms with Crippen LogP contribution in [0.5, 0.6) is 0 Å². The zero-order chi connectivity index (χ0) is 12.9. The van der Waals surface area contributed by atoms with Crippen LogP contribution in [-0.4, -0.2) is 33.0 Å². The lowest BCUT2D eigenvalue weighted by molar-refractivity contribution is 0.0703. The Morgan fingerprint density at radius 3 is 2.06 bits per heavy atom. The van der Waals surface area contributed by atoms with Gasteiger partial charge in [-0.3, -0.25) is 9.36 Å². The zero-order valence-electron chi connectivity index (χ0n) is 9.95. The van der Waals surface area contributed by atoms with E-state index in [0.29, 0.717) is 5.56 Å². The molecule has 1 rings (SSSR count). The molecule has 0 aromatic heterocycles. The fourth-order valence-corrected chi connectivity index (χ4v) is 2.62. The molecule has 5 nitrogen and oxygen atoms in total. The lowest BCUT2D eigenvalue weighted by atomic mass is 10.1. The van der Waals surface area contributed by atoms with E-state index in [9.17, 15) is 9.36 Å². The quantitative estimate of drug-likeness (QED) is 0.579. The SMILES string of the molecule is COC(C(=O)c1ccccc1)P(=O)(OC)OC. The summed E-state index contributed by atoms with van der Waals surface area (Å²) in [7, 11) is 0.137. The van der Waals surface area contributed by atoms with Gasteiger partial charge >= 0.3 is 7.60 Å². The Hall–Kier alpha value is -1.00. The number of ketones is 1. The summed E-state index contributed by atoms with van der Waals surface area (Å²) in [5.41, 5.74) is 0.397. The van der Waals surface area contributed by atoms with Crippen LogP contribution in [-0.2, 0) is 18.3 Å². The van der Waals surface area contributed by atoms with Gasteiger partial charge in [-0.25, -0.2) is 0 Å². The molecule has 0 amide bonds. The van der Waals surface area contributed by atoms with Crippen molar-refractivity contribution < 1.29 is 23.1 Å². The van der Waals surface area contributed by atoms with Crippen molar-refractivity contribution in [2.24, 2.45) is 0 Å². The molecule has 0 aliphatic carbocycles. The topological polar surface area (TPSA) is 61.8 Å². The van der Waals surface area contributed by atoms with Gasteiger partial charge in [0.15, 0.2) is 0 Å². The molecule has 0 bridgehead atoms. The van der Waals surface area contributed by atoms with Crippen LogP contribution >= 0.6 is 7.60 Å². The first-order valence-corrected chi connectivity index (χ1v) is 6.53. The maximum Gasteiger partial charge on any atom is 0.366 e. The molecule has 0 N–H and O–H groups in total. The second kappa shape index (κ2) is 6.07. The number of methoxy groups -OCH3 is 1. The first-order chi connectivity index (χ1) is 8.09. The number of hydrogen-bond donors (Lipinski definition) is 0. The van der Waals surface area contributed by atoms with Crippen LogP contribution < -0.4 is 0 Å². The Morgan fingerprint density at radius 1 is 1.12 bits per heavy atom. The molecule has 0 heterocycles. The molecule has 0 radical (unpaired) electrons. The number of carbonyl (C=O) groups excluding carboxylic acids is 1. The highest BCUT2D eigenvalue weighted by molar-refractivity contribution is 7.55. The van der Waals surface area contributed by atoms with Crippen molar-refractivity contribution in [3.05, 3.63) is 35.9 Å². The summed E-state index contributed by atoms with van der Waals surface area (Å²) in [4.78, 5) is 12.1. The summed E-state index contributed by atoms with van der Waals surface area (Å²) in [5, 5.41) is 0. The predicted molar refractivity (Wildman–Crippen MR) is 63.2 cm³/mol. The molecule has 1 aromatic rings. The van der Waals surface area contributed by atoms with Gasteiger partial charge in [0.05, 0.1) is 0 Å². The third kappa shape index (κ3) is 3.01. The average Bonchev–Trinajstić information content (AvgIpc) is 2.40. The minimum absolute atomic E-state index is 0.397. The highest BCUT2D eigenvalue weighted by Gasteiger charge is 2.40. The highest BCUT2D eigenvalue weighted by Crippen LogP contribution is 2.52. The summed E-state index contributed by atoms with van der Waals surface area (Å²) in [6.07, 6.45) is 0. The third-order valence-electron chi connectivity index (χ3n) is 2.30. The fraction of sp³-hybridized carbons (Fsp3) is 0.364. The lowest BCUT2D eigenvalue weighted by Gasteiger charge is -2.21. The Labute approximate surface area is 100 Å². The summed E-state index contributed by atoms with van der Waals surface area (Å²) < 4.78 is 26.6. The van der Waals surface area contributed by atoms with Crippen molar-refractivity contribution >= 4 is 13.4 Å².